The smallest absolute Gasteiger partial charge is 0.542 e. The average molecular weight is 152 g/mol. The van der Waals surface area contributed by atoms with E-state index in [0.29, 0.717) is 0 Å². The van der Waals surface area contributed by atoms with E-state index in [4.69, 9.17) is 0 Å². The van der Waals surface area contributed by atoms with E-state index < -0.39 is 11.8 Å². The van der Waals surface area contributed by atoms with Crippen molar-refractivity contribution in [1.82, 2.24) is 0 Å². The molecule has 0 heterocycles. The summed E-state index contributed by atoms with van der Waals surface area (Å²) in [5, 5.41) is 9.77. The molecule has 0 aromatic heterocycles. The van der Waals surface area contributed by atoms with Gasteiger partial charge in [-0.2, -0.15) is 0 Å². The van der Waals surface area contributed by atoms with Gasteiger partial charge in [0.1, 0.15) is 5.97 Å². The molecule has 0 rings (SSSR count). The second-order valence-corrected chi connectivity index (χ2v) is 2.31. The van der Waals surface area contributed by atoms with Gasteiger partial charge in [0.25, 0.3) is 0 Å². The topological polar surface area (TPSA) is 57.2 Å². The molecule has 0 spiro atoms. The first kappa shape index (κ1) is 12.8. The quantitative estimate of drug-likeness (QED) is 0.309. The van der Waals surface area contributed by atoms with Crippen LogP contribution in [0.4, 0.5) is 0 Å². The van der Waals surface area contributed by atoms with Gasteiger partial charge in [0.2, 0.25) is 0 Å². The summed E-state index contributed by atoms with van der Waals surface area (Å²) in [6, 6.07) is 0. The van der Waals surface area contributed by atoms with Gasteiger partial charge in [-0.15, -0.1) is 0 Å². The van der Waals surface area contributed by atoms with Crippen molar-refractivity contribution < 1.29 is 44.3 Å². The standard InChI is InChI=1S/C6H10O3.Na/c1-4(2)3-5(7)6(8)9;/h4H,3H2,1-2H3,(H,8,9);/q;+1/p-1. The molecule has 0 aliphatic carbocycles. The molecular weight excluding hydrogens is 143 g/mol. The fraction of sp³-hybridized carbons (Fsp3) is 0.667. The monoisotopic (exact) mass is 152 g/mol. The van der Waals surface area contributed by atoms with Crippen molar-refractivity contribution in [3.63, 3.8) is 0 Å². The Balaban J connectivity index is 0. The molecule has 4 heteroatoms. The van der Waals surface area contributed by atoms with E-state index in [9.17, 15) is 14.7 Å². The molecule has 0 atom stereocenters. The van der Waals surface area contributed by atoms with E-state index in [0.717, 1.165) is 0 Å². The molecule has 0 aliphatic heterocycles. The van der Waals surface area contributed by atoms with Crippen LogP contribution in [0.2, 0.25) is 0 Å². The third kappa shape index (κ3) is 6.26. The van der Waals surface area contributed by atoms with Crippen molar-refractivity contribution in [2.75, 3.05) is 0 Å². The van der Waals surface area contributed by atoms with Crippen molar-refractivity contribution in [2.24, 2.45) is 5.92 Å². The van der Waals surface area contributed by atoms with Gasteiger partial charge in [0.05, 0.1) is 0 Å². The Hall–Kier alpha value is 0.140. The Labute approximate surface area is 82.1 Å². The molecule has 52 valence electrons. The molecule has 0 aliphatic rings. The summed E-state index contributed by atoms with van der Waals surface area (Å²) in [7, 11) is 0. The molecule has 0 saturated heterocycles. The zero-order valence-electron chi connectivity index (χ0n) is 6.51. The number of Topliss-reactive ketones (excluding diaryl/α,β-unsaturated/α-hetero) is 1. The molecule has 0 bridgehead atoms. The summed E-state index contributed by atoms with van der Waals surface area (Å²) >= 11 is 0. The van der Waals surface area contributed by atoms with Gasteiger partial charge < -0.3 is 9.90 Å². The number of hydrogen-bond donors (Lipinski definition) is 0. The Morgan fingerprint density at radius 2 is 1.80 bits per heavy atom. The SMILES string of the molecule is CC(C)CC(=O)C(=O)[O-].[Na+]. The number of carboxylic acid groups (broad SMARTS) is 1. The normalized spacial score (nSPS) is 8.70. The van der Waals surface area contributed by atoms with Crippen molar-refractivity contribution in [1.29, 1.82) is 0 Å². The Bertz CT molecular complexity index is 131. The van der Waals surface area contributed by atoms with Gasteiger partial charge in [-0.05, 0) is 5.92 Å². The van der Waals surface area contributed by atoms with Crippen LogP contribution in [-0.2, 0) is 9.59 Å². The summed E-state index contributed by atoms with van der Waals surface area (Å²) in [5.41, 5.74) is 0. The number of carbonyl (C=O) groups excluding carboxylic acids is 2. The van der Waals surface area contributed by atoms with Gasteiger partial charge in [0.15, 0.2) is 5.78 Å². The van der Waals surface area contributed by atoms with Crippen LogP contribution in [0, 0.1) is 5.92 Å². The molecule has 0 N–H and O–H groups in total. The molecule has 3 nitrogen and oxygen atoms in total. The summed E-state index contributed by atoms with van der Waals surface area (Å²) < 4.78 is 0. The molecule has 10 heavy (non-hydrogen) atoms. The third-order valence-electron chi connectivity index (χ3n) is 0.821. The van der Waals surface area contributed by atoms with Gasteiger partial charge in [0, 0.05) is 6.42 Å². The van der Waals surface area contributed by atoms with E-state index in [1.54, 1.807) is 13.8 Å². The van der Waals surface area contributed by atoms with Crippen LogP contribution in [0.5, 0.6) is 0 Å². The fourth-order valence-corrected chi connectivity index (χ4v) is 0.454. The van der Waals surface area contributed by atoms with E-state index in [1.807, 2.05) is 0 Å². The van der Waals surface area contributed by atoms with Crippen molar-refractivity contribution in [3.8, 4) is 0 Å². The van der Waals surface area contributed by atoms with Crippen molar-refractivity contribution >= 4 is 11.8 Å². The zero-order chi connectivity index (χ0) is 7.44. The number of hydrogen-bond acceptors (Lipinski definition) is 3. The van der Waals surface area contributed by atoms with Gasteiger partial charge in [-0.25, -0.2) is 0 Å². The first-order valence-corrected chi connectivity index (χ1v) is 2.78. The molecule has 0 aromatic rings. The van der Waals surface area contributed by atoms with Crippen LogP contribution >= 0.6 is 0 Å². The fourth-order valence-electron chi connectivity index (χ4n) is 0.454. The Morgan fingerprint density at radius 1 is 1.40 bits per heavy atom. The second-order valence-electron chi connectivity index (χ2n) is 2.31. The summed E-state index contributed by atoms with van der Waals surface area (Å²) in [6.45, 7) is 3.56. The average Bonchev–Trinajstić information content (AvgIpc) is 1.63. The number of carboxylic acids is 1. The molecule has 0 aromatic carbocycles. The number of ketones is 1. The predicted molar refractivity (Wildman–Crippen MR) is 29.5 cm³/mol. The maximum Gasteiger partial charge on any atom is 1.00 e. The Morgan fingerprint density at radius 3 is 1.90 bits per heavy atom. The van der Waals surface area contributed by atoms with Crippen LogP contribution in [0.1, 0.15) is 20.3 Å². The minimum atomic E-state index is -1.58. The van der Waals surface area contributed by atoms with Gasteiger partial charge in [-0.1, -0.05) is 13.8 Å². The molecule has 0 amide bonds. The minimum absolute atomic E-state index is 0. The number of rotatable bonds is 3. The largest absolute Gasteiger partial charge is 1.00 e. The van der Waals surface area contributed by atoms with Gasteiger partial charge >= 0.3 is 29.6 Å². The van der Waals surface area contributed by atoms with Crippen LogP contribution < -0.4 is 34.7 Å². The van der Waals surface area contributed by atoms with Crippen LogP contribution in [-0.4, -0.2) is 11.8 Å². The third-order valence-corrected chi connectivity index (χ3v) is 0.821. The summed E-state index contributed by atoms with van der Waals surface area (Å²) in [4.78, 5) is 20.1. The van der Waals surface area contributed by atoms with Crippen molar-refractivity contribution in [2.45, 2.75) is 20.3 Å². The van der Waals surface area contributed by atoms with Crippen LogP contribution in [0.3, 0.4) is 0 Å². The van der Waals surface area contributed by atoms with E-state index >= 15 is 0 Å². The second kappa shape index (κ2) is 5.89. The van der Waals surface area contributed by atoms with E-state index in [1.165, 1.54) is 0 Å². The van der Waals surface area contributed by atoms with Crippen LogP contribution in [0.15, 0.2) is 0 Å². The molecule has 0 saturated carbocycles. The maximum absolute atomic E-state index is 10.3. The molecule has 0 fully saturated rings. The minimum Gasteiger partial charge on any atom is -0.542 e. The first-order chi connectivity index (χ1) is 4.04. The molecule has 0 unspecified atom stereocenters. The van der Waals surface area contributed by atoms with Crippen molar-refractivity contribution in [3.05, 3.63) is 0 Å². The molecule has 0 radical (unpaired) electrons. The zero-order valence-corrected chi connectivity index (χ0v) is 8.51. The maximum atomic E-state index is 10.3. The number of carbonyl (C=O) groups is 2. The molecular formula is C6H9NaO3. The number of aliphatic carboxylic acids is 1. The van der Waals surface area contributed by atoms with E-state index in [-0.39, 0.29) is 41.9 Å². The Kier molecular flexibility index (Phi) is 7.53. The predicted octanol–water partition coefficient (Wildman–Crippen LogP) is -3.64. The summed E-state index contributed by atoms with van der Waals surface area (Å²) in [6.07, 6.45) is 0.0718. The van der Waals surface area contributed by atoms with Crippen LogP contribution in [0.25, 0.3) is 0 Å². The summed E-state index contributed by atoms with van der Waals surface area (Å²) in [5.74, 6) is -2.30. The first-order valence-electron chi connectivity index (χ1n) is 2.78. The van der Waals surface area contributed by atoms with E-state index in [2.05, 4.69) is 0 Å². The van der Waals surface area contributed by atoms with Gasteiger partial charge in [-0.3, -0.25) is 4.79 Å².